The average Bonchev–Trinajstić information content (AvgIpc) is 0.711. The van der Waals surface area contributed by atoms with Crippen molar-refractivity contribution < 1.29 is 119 Å². The van der Waals surface area contributed by atoms with Gasteiger partial charge in [-0.3, -0.25) is 19.5 Å². The highest BCUT2D eigenvalue weighted by atomic mass is 28.4. The summed E-state index contributed by atoms with van der Waals surface area (Å²) in [7, 11) is -7.53. The van der Waals surface area contributed by atoms with Gasteiger partial charge < -0.3 is 24.2 Å². The zero-order valence-electron chi connectivity index (χ0n) is 55.5. The van der Waals surface area contributed by atoms with Crippen LogP contribution in [0, 0.1) is 11.8 Å². The fourth-order valence-electron chi connectivity index (χ4n) is 13.6. The maximum atomic E-state index is 15.5. The van der Waals surface area contributed by atoms with Crippen molar-refractivity contribution >= 4 is 44.6 Å². The molecular formula is C70H58F24N4O5Si2. The number of hydrogen-bond acceptors (Lipinski definition) is 9. The maximum Gasteiger partial charge on any atom is 0.416 e. The summed E-state index contributed by atoms with van der Waals surface area (Å²) in [6.45, 7) is 10.8. The summed E-state index contributed by atoms with van der Waals surface area (Å²) in [4.78, 5) is 35.6. The molecule has 1 aromatic heterocycles. The van der Waals surface area contributed by atoms with Crippen LogP contribution in [0.1, 0.15) is 102 Å². The molecule has 3 aliphatic rings. The van der Waals surface area contributed by atoms with Gasteiger partial charge in [0.2, 0.25) is 0 Å². The van der Waals surface area contributed by atoms with E-state index in [4.69, 9.17) is 13.6 Å². The highest BCUT2D eigenvalue weighted by Gasteiger charge is 2.53. The number of halogens is 24. The van der Waals surface area contributed by atoms with Gasteiger partial charge in [-0.1, -0.05) is 6.08 Å². The Labute approximate surface area is 582 Å². The maximum absolute atomic E-state index is 15.5. The molecule has 1 unspecified atom stereocenters. The first kappa shape index (κ1) is 79.2. The summed E-state index contributed by atoms with van der Waals surface area (Å²) in [6.07, 6.45) is -44.1. The van der Waals surface area contributed by atoms with Crippen molar-refractivity contribution in [2.75, 3.05) is 30.8 Å². The highest BCUT2D eigenvalue weighted by molar-refractivity contribution is 6.70. The average molecular weight is 1550 g/mol. The van der Waals surface area contributed by atoms with Crippen LogP contribution in [0.2, 0.25) is 39.3 Å². The van der Waals surface area contributed by atoms with Gasteiger partial charge in [-0.2, -0.15) is 105 Å². The van der Waals surface area contributed by atoms with Gasteiger partial charge in [-0.05, 0) is 225 Å². The van der Waals surface area contributed by atoms with Gasteiger partial charge in [0.05, 0.1) is 63.2 Å². The van der Waals surface area contributed by atoms with Crippen LogP contribution < -0.4 is 26.2 Å². The fourth-order valence-corrected chi connectivity index (χ4v) is 16.2. The van der Waals surface area contributed by atoms with Crippen LogP contribution in [0.4, 0.5) is 122 Å². The zero-order valence-corrected chi connectivity index (χ0v) is 57.5. The van der Waals surface area contributed by atoms with Crippen molar-refractivity contribution in [1.29, 1.82) is 0 Å². The first-order chi connectivity index (χ1) is 48.0. The molecule has 3 aliphatic heterocycles. The standard InChI is InChI=1S/C70H58F24N4O5Si2/c1-9-34-33-98-15-13-35(34)16-55(98)56(52-12-14-95-54-11-10-51(101-2)32-53(52)54)97-58-57(59(99)60(58)100)96-50-30-40(61(102-104(3,4)5,36-18-42(63(71,72)73)26-43(19-36)64(74,75)76)37-20-44(65(77,78)79)27-45(21-37)66(80,81)82)17-41(31-50)62(103-105(6,7)8,38-22-46(67(83,84)85)28-47(23-38)68(86,87)88)39-24-48(69(89,90)91)29-49(25-39)70(92,93)94/h9-12,14,17-32,34-35,55-56,96-97H,1,13,15-16,33H2,2-8H3/t34-,35-,55-,56-/m0/s1. The third kappa shape index (κ3) is 16.2. The van der Waals surface area contributed by atoms with Gasteiger partial charge >= 0.3 is 49.4 Å². The Morgan fingerprint density at radius 2 is 0.810 bits per heavy atom. The molecule has 564 valence electrons. The SMILES string of the molecule is C=C[C@H]1CN2CC[C@H]1C[C@H]2[C@@H](Nc1c(Nc2cc(C(O[Si](C)(C)C)(c3cc(C(F)(F)F)cc(C(F)(F)F)c3)c3cc(C(F)(F)F)cc(C(F)(F)F)c3)cc(C(O[Si](C)(C)C)(c3cc(C(F)(F)F)cc(C(F)(F)F)c3)c3cc(C(F)(F)F)cc(C(F)(F)F)c3)c2)c(=O)c1=O)c1ccnc2ccc(OC)cc12. The lowest BCUT2D eigenvalue weighted by Crippen LogP contribution is -2.56. The summed E-state index contributed by atoms with van der Waals surface area (Å²) in [6, 6.07) is 1.12. The minimum atomic E-state index is -6.01. The molecule has 105 heavy (non-hydrogen) atoms. The van der Waals surface area contributed by atoms with Crippen LogP contribution >= 0.6 is 0 Å². The Bertz CT molecular complexity index is 4250. The minimum absolute atomic E-state index is 0.0886. The summed E-state index contributed by atoms with van der Waals surface area (Å²) in [5.41, 5.74) is -42.6. The minimum Gasteiger partial charge on any atom is -0.497 e. The number of nitrogens with zero attached hydrogens (tertiary/aromatic N) is 2. The molecule has 0 amide bonds. The van der Waals surface area contributed by atoms with Crippen LogP contribution in [0.15, 0.2) is 144 Å². The van der Waals surface area contributed by atoms with E-state index in [0.29, 0.717) is 54.5 Å². The molecule has 0 saturated carbocycles. The summed E-state index contributed by atoms with van der Waals surface area (Å²) in [5, 5.41) is 5.91. The topological polar surface area (TPSA) is 102 Å². The molecule has 35 heteroatoms. The Balaban J connectivity index is 1.45. The lowest BCUT2D eigenvalue weighted by atomic mass is 9.73. The van der Waals surface area contributed by atoms with Gasteiger partial charge in [-0.25, -0.2) is 0 Å². The van der Waals surface area contributed by atoms with E-state index in [-0.39, 0.29) is 72.2 Å². The molecule has 11 rings (SSSR count). The van der Waals surface area contributed by atoms with Crippen molar-refractivity contribution in [3.63, 3.8) is 0 Å². The molecule has 9 nitrogen and oxygen atoms in total. The van der Waals surface area contributed by atoms with E-state index in [1.54, 1.807) is 24.3 Å². The number of methoxy groups -OCH3 is 1. The molecule has 0 spiro atoms. The van der Waals surface area contributed by atoms with E-state index < -0.39 is 219 Å². The van der Waals surface area contributed by atoms with E-state index >= 15 is 105 Å². The van der Waals surface area contributed by atoms with Gasteiger partial charge in [0.1, 0.15) is 28.3 Å². The van der Waals surface area contributed by atoms with Crippen molar-refractivity contribution in [1.82, 2.24) is 9.88 Å². The van der Waals surface area contributed by atoms with Gasteiger partial charge in [0, 0.05) is 29.9 Å². The number of ether oxygens (including phenoxy) is 1. The molecular weight excluding hydrogens is 1490 g/mol. The Kier molecular flexibility index (Phi) is 20.2. The number of anilines is 3. The Morgan fingerprint density at radius 1 is 0.476 bits per heavy atom. The van der Waals surface area contributed by atoms with Crippen LogP contribution in [0.5, 0.6) is 5.75 Å². The second-order valence-corrected chi connectivity index (χ2v) is 36.3. The van der Waals surface area contributed by atoms with Crippen LogP contribution in [-0.4, -0.2) is 52.8 Å². The van der Waals surface area contributed by atoms with Crippen LogP contribution in [-0.2, 0) is 69.5 Å². The molecule has 3 fully saturated rings. The first-order valence-electron chi connectivity index (χ1n) is 31.4. The molecule has 0 aliphatic carbocycles. The second kappa shape index (κ2) is 26.8. The number of piperidine rings is 3. The number of benzene rings is 6. The monoisotopic (exact) mass is 1550 g/mol. The zero-order chi connectivity index (χ0) is 78.1. The molecule has 0 radical (unpaired) electrons. The third-order valence-corrected chi connectivity index (χ3v) is 19.8. The smallest absolute Gasteiger partial charge is 0.416 e. The number of fused-ring (bicyclic) bond motifs is 4. The van der Waals surface area contributed by atoms with Crippen LogP contribution in [0.25, 0.3) is 10.9 Å². The summed E-state index contributed by atoms with van der Waals surface area (Å²) >= 11 is 0. The van der Waals surface area contributed by atoms with Crippen LogP contribution in [0.3, 0.4) is 0 Å². The van der Waals surface area contributed by atoms with Gasteiger partial charge in [0.25, 0.3) is 10.9 Å². The molecule has 4 heterocycles. The molecule has 2 N–H and O–H groups in total. The van der Waals surface area contributed by atoms with Crippen molar-refractivity contribution in [2.45, 2.75) is 125 Å². The predicted octanol–water partition coefficient (Wildman–Crippen LogP) is 21.1. The lowest BCUT2D eigenvalue weighted by molar-refractivity contribution is -0.145. The number of pyridine rings is 1. The molecule has 3 saturated heterocycles. The quantitative estimate of drug-likeness (QED) is 0.0286. The van der Waals surface area contributed by atoms with E-state index in [9.17, 15) is 9.59 Å². The fraction of sp³-hybridized carbons (Fsp3) is 0.357. The molecule has 8 aromatic rings. The first-order valence-corrected chi connectivity index (χ1v) is 38.2. The Morgan fingerprint density at radius 3 is 1.12 bits per heavy atom. The number of alkyl halides is 24. The highest BCUT2D eigenvalue weighted by Crippen LogP contribution is 2.55. The van der Waals surface area contributed by atoms with E-state index in [2.05, 4.69) is 22.2 Å². The molecule has 7 aromatic carbocycles. The van der Waals surface area contributed by atoms with Crippen molar-refractivity contribution in [3.8, 4) is 5.75 Å². The summed E-state index contributed by atoms with van der Waals surface area (Å²) in [5.74, 6) is 0.0828. The van der Waals surface area contributed by atoms with E-state index in [1.165, 1.54) is 19.4 Å². The molecule has 5 atom stereocenters. The predicted molar refractivity (Wildman–Crippen MR) is 342 cm³/mol. The normalized spacial score (nSPS) is 18.0. The summed E-state index contributed by atoms with van der Waals surface area (Å²) < 4.78 is 390. The van der Waals surface area contributed by atoms with E-state index in [0.717, 1.165) is 39.3 Å². The Hall–Kier alpha value is -8.42. The number of nitrogens with one attached hydrogen (secondary N) is 2. The van der Waals surface area contributed by atoms with Gasteiger partial charge in [-0.15, -0.1) is 6.58 Å². The number of rotatable bonds is 18. The molecule has 2 bridgehead atoms. The largest absolute Gasteiger partial charge is 0.497 e. The van der Waals surface area contributed by atoms with Crippen molar-refractivity contribution in [3.05, 3.63) is 238 Å². The van der Waals surface area contributed by atoms with Crippen molar-refractivity contribution in [2.24, 2.45) is 11.8 Å². The third-order valence-electron chi connectivity index (χ3n) is 18.0. The number of hydrogen-bond donors (Lipinski definition) is 2. The second-order valence-electron chi connectivity index (χ2n) is 27.5. The van der Waals surface area contributed by atoms with Gasteiger partial charge in [0.15, 0.2) is 16.6 Å². The number of aromatic nitrogens is 1. The van der Waals surface area contributed by atoms with E-state index in [1.807, 2.05) is 4.90 Å². The lowest BCUT2D eigenvalue weighted by Gasteiger charge is -2.52.